The van der Waals surface area contributed by atoms with Gasteiger partial charge in [-0.2, -0.15) is 0 Å². The SMILES string of the molecule is CC1=C(C(=O)O)C(C)c2c(C)c(C)n(C)c(=O)c21. The highest BCUT2D eigenvalue weighted by Crippen LogP contribution is 2.41. The van der Waals surface area contributed by atoms with Crippen molar-refractivity contribution in [1.82, 2.24) is 4.57 Å². The Morgan fingerprint density at radius 3 is 2.33 bits per heavy atom. The van der Waals surface area contributed by atoms with Gasteiger partial charge >= 0.3 is 5.97 Å². The quantitative estimate of drug-likeness (QED) is 0.825. The van der Waals surface area contributed by atoms with Crippen LogP contribution in [0.15, 0.2) is 10.4 Å². The normalized spacial score (nSPS) is 18.2. The van der Waals surface area contributed by atoms with Gasteiger partial charge in [0.2, 0.25) is 0 Å². The van der Waals surface area contributed by atoms with Crippen LogP contribution in [0.4, 0.5) is 0 Å². The molecule has 2 rings (SSSR count). The molecule has 1 unspecified atom stereocenters. The number of allylic oxidation sites excluding steroid dienone is 1. The fourth-order valence-corrected chi connectivity index (χ4v) is 2.92. The molecule has 1 aromatic heterocycles. The van der Waals surface area contributed by atoms with Crippen molar-refractivity contribution in [3.8, 4) is 0 Å². The Balaban J connectivity index is 2.91. The summed E-state index contributed by atoms with van der Waals surface area (Å²) in [7, 11) is 1.72. The van der Waals surface area contributed by atoms with E-state index in [9.17, 15) is 14.7 Å². The van der Waals surface area contributed by atoms with E-state index in [1.807, 2.05) is 20.8 Å². The topological polar surface area (TPSA) is 59.3 Å². The molecular weight excluding hydrogens is 230 g/mol. The van der Waals surface area contributed by atoms with Gasteiger partial charge in [-0.3, -0.25) is 4.79 Å². The molecule has 0 spiro atoms. The number of rotatable bonds is 1. The van der Waals surface area contributed by atoms with Gasteiger partial charge in [0.1, 0.15) is 0 Å². The highest BCUT2D eigenvalue weighted by atomic mass is 16.4. The highest BCUT2D eigenvalue weighted by Gasteiger charge is 2.34. The van der Waals surface area contributed by atoms with E-state index in [4.69, 9.17) is 0 Å². The number of carboxylic acids is 1. The van der Waals surface area contributed by atoms with Gasteiger partial charge in [-0.25, -0.2) is 4.79 Å². The average Bonchev–Trinajstić information content (AvgIpc) is 2.55. The molecule has 0 aliphatic heterocycles. The molecule has 0 saturated heterocycles. The van der Waals surface area contributed by atoms with Crippen molar-refractivity contribution in [2.24, 2.45) is 7.05 Å². The third-order valence-corrected chi connectivity index (χ3v) is 4.11. The van der Waals surface area contributed by atoms with Gasteiger partial charge in [0.05, 0.1) is 0 Å². The van der Waals surface area contributed by atoms with E-state index in [0.717, 1.165) is 16.8 Å². The van der Waals surface area contributed by atoms with Crippen LogP contribution in [0, 0.1) is 13.8 Å². The molecule has 4 heteroatoms. The first-order valence-electron chi connectivity index (χ1n) is 5.93. The number of carboxylic acid groups (broad SMARTS) is 1. The van der Waals surface area contributed by atoms with Gasteiger partial charge in [0, 0.05) is 29.8 Å². The van der Waals surface area contributed by atoms with Crippen LogP contribution in [0.2, 0.25) is 0 Å². The molecule has 0 bridgehead atoms. The van der Waals surface area contributed by atoms with Crippen molar-refractivity contribution in [1.29, 1.82) is 0 Å². The number of pyridine rings is 1. The first-order chi connectivity index (χ1) is 8.29. The van der Waals surface area contributed by atoms with E-state index in [1.54, 1.807) is 18.5 Å². The monoisotopic (exact) mass is 247 g/mol. The molecule has 0 aromatic carbocycles. The third kappa shape index (κ3) is 1.38. The highest BCUT2D eigenvalue weighted by molar-refractivity contribution is 6.01. The second-order valence-electron chi connectivity index (χ2n) is 4.93. The summed E-state index contributed by atoms with van der Waals surface area (Å²) in [5.41, 5.74) is 4.20. The molecule has 96 valence electrons. The lowest BCUT2D eigenvalue weighted by atomic mass is 9.93. The molecule has 1 aromatic rings. The Morgan fingerprint density at radius 2 is 1.83 bits per heavy atom. The molecule has 1 aliphatic rings. The Bertz CT molecular complexity index is 650. The molecule has 4 nitrogen and oxygen atoms in total. The molecular formula is C14H17NO3. The minimum atomic E-state index is -0.935. The number of hydrogen-bond donors (Lipinski definition) is 1. The largest absolute Gasteiger partial charge is 0.478 e. The van der Waals surface area contributed by atoms with E-state index >= 15 is 0 Å². The van der Waals surface area contributed by atoms with Crippen LogP contribution in [0.5, 0.6) is 0 Å². The Hall–Kier alpha value is -1.84. The lowest BCUT2D eigenvalue weighted by molar-refractivity contribution is -0.132. The molecule has 1 atom stereocenters. The summed E-state index contributed by atoms with van der Waals surface area (Å²) < 4.78 is 1.59. The first-order valence-corrected chi connectivity index (χ1v) is 5.93. The maximum Gasteiger partial charge on any atom is 0.332 e. The van der Waals surface area contributed by atoms with Crippen molar-refractivity contribution in [3.05, 3.63) is 38.3 Å². The predicted octanol–water partition coefficient (Wildman–Crippen LogP) is 1.98. The standard InChI is InChI=1S/C14H17NO3/c1-6-9(4)15(5)13(16)12-8(3)11(14(17)18)7(2)10(6)12/h7H,1-5H3,(H,17,18). The Morgan fingerprint density at radius 1 is 1.28 bits per heavy atom. The van der Waals surface area contributed by atoms with Crippen LogP contribution in [0.1, 0.15) is 42.1 Å². The van der Waals surface area contributed by atoms with Crippen LogP contribution in [0.3, 0.4) is 0 Å². The van der Waals surface area contributed by atoms with Crippen molar-refractivity contribution in [3.63, 3.8) is 0 Å². The van der Waals surface area contributed by atoms with Crippen molar-refractivity contribution < 1.29 is 9.90 Å². The van der Waals surface area contributed by atoms with Crippen molar-refractivity contribution in [2.75, 3.05) is 0 Å². The van der Waals surface area contributed by atoms with E-state index < -0.39 is 5.97 Å². The van der Waals surface area contributed by atoms with Crippen LogP contribution >= 0.6 is 0 Å². The van der Waals surface area contributed by atoms with E-state index in [1.165, 1.54) is 0 Å². The fraction of sp³-hybridized carbons (Fsp3) is 0.429. The summed E-state index contributed by atoms with van der Waals surface area (Å²) >= 11 is 0. The summed E-state index contributed by atoms with van der Waals surface area (Å²) in [5, 5.41) is 9.28. The average molecular weight is 247 g/mol. The number of nitrogens with zero attached hydrogens (tertiary/aromatic N) is 1. The van der Waals surface area contributed by atoms with Gasteiger partial charge in [0.15, 0.2) is 0 Å². The lowest BCUT2D eigenvalue weighted by Gasteiger charge is -2.16. The third-order valence-electron chi connectivity index (χ3n) is 4.11. The van der Waals surface area contributed by atoms with Crippen LogP contribution in [-0.4, -0.2) is 15.6 Å². The van der Waals surface area contributed by atoms with Gasteiger partial charge in [-0.1, -0.05) is 6.92 Å². The zero-order valence-corrected chi connectivity index (χ0v) is 11.3. The van der Waals surface area contributed by atoms with Crippen LogP contribution in [0.25, 0.3) is 5.57 Å². The number of fused-ring (bicyclic) bond motifs is 1. The Kier molecular flexibility index (Phi) is 2.69. The van der Waals surface area contributed by atoms with E-state index in [2.05, 4.69) is 0 Å². The second-order valence-corrected chi connectivity index (χ2v) is 4.93. The summed E-state index contributed by atoms with van der Waals surface area (Å²) in [5.74, 6) is -1.15. The van der Waals surface area contributed by atoms with Gasteiger partial charge in [-0.15, -0.1) is 0 Å². The maximum atomic E-state index is 12.3. The second kappa shape index (κ2) is 3.83. The Labute approximate surface area is 106 Å². The first kappa shape index (κ1) is 12.6. The lowest BCUT2D eigenvalue weighted by Crippen LogP contribution is -2.24. The summed E-state index contributed by atoms with van der Waals surface area (Å²) in [6.45, 7) is 7.41. The van der Waals surface area contributed by atoms with Gasteiger partial charge in [0.25, 0.3) is 5.56 Å². The van der Waals surface area contributed by atoms with E-state index in [-0.39, 0.29) is 11.5 Å². The molecule has 0 fully saturated rings. The summed E-state index contributed by atoms with van der Waals surface area (Å²) in [6.07, 6.45) is 0. The van der Waals surface area contributed by atoms with Crippen LogP contribution < -0.4 is 5.56 Å². The zero-order chi connectivity index (χ0) is 13.8. The summed E-state index contributed by atoms with van der Waals surface area (Å²) in [4.78, 5) is 23.6. The van der Waals surface area contributed by atoms with E-state index in [0.29, 0.717) is 16.7 Å². The van der Waals surface area contributed by atoms with Gasteiger partial charge in [-0.05, 0) is 37.5 Å². The molecule has 18 heavy (non-hydrogen) atoms. The van der Waals surface area contributed by atoms with Crippen molar-refractivity contribution >= 4 is 11.5 Å². The van der Waals surface area contributed by atoms with Crippen LogP contribution in [-0.2, 0) is 11.8 Å². The molecule has 0 saturated carbocycles. The molecule has 0 amide bonds. The minimum absolute atomic E-state index is 0.103. The number of aliphatic carboxylic acids is 1. The van der Waals surface area contributed by atoms with Crippen molar-refractivity contribution in [2.45, 2.75) is 33.6 Å². The summed E-state index contributed by atoms with van der Waals surface area (Å²) in [6, 6.07) is 0. The smallest absolute Gasteiger partial charge is 0.332 e. The minimum Gasteiger partial charge on any atom is -0.478 e. The number of carbonyl (C=O) groups is 1. The number of aromatic nitrogens is 1. The molecule has 1 aliphatic carbocycles. The number of hydrogen-bond acceptors (Lipinski definition) is 2. The molecule has 0 radical (unpaired) electrons. The maximum absolute atomic E-state index is 12.3. The fourth-order valence-electron chi connectivity index (χ4n) is 2.92. The van der Waals surface area contributed by atoms with Gasteiger partial charge < -0.3 is 9.67 Å². The molecule has 1 N–H and O–H groups in total. The zero-order valence-electron chi connectivity index (χ0n) is 11.3. The predicted molar refractivity (Wildman–Crippen MR) is 69.8 cm³/mol. The molecule has 1 heterocycles.